The van der Waals surface area contributed by atoms with Crippen LogP contribution in [0.4, 0.5) is 0 Å². The Bertz CT molecular complexity index is 1170. The van der Waals surface area contributed by atoms with Gasteiger partial charge in [0.25, 0.3) is 0 Å². The fourth-order valence-corrected chi connectivity index (χ4v) is 7.28. The largest absolute Gasteiger partial charge is 0.462 e. The molecule has 0 aromatic heterocycles. The Hall–Kier alpha value is -2.10. The van der Waals surface area contributed by atoms with Crippen LogP contribution < -0.4 is 0 Å². The van der Waals surface area contributed by atoms with Gasteiger partial charge in [-0.1, -0.05) is 58.1 Å². The zero-order valence-corrected chi connectivity index (χ0v) is 25.2. The molecule has 10 atom stereocenters. The number of aliphatic hydroxyl groups excluding tert-OH is 1. The molecule has 0 amide bonds. The van der Waals surface area contributed by atoms with Crippen molar-refractivity contribution in [2.45, 2.75) is 116 Å². The van der Waals surface area contributed by atoms with Crippen LogP contribution in [0.2, 0.25) is 0 Å². The van der Waals surface area contributed by atoms with Gasteiger partial charge in [0, 0.05) is 25.2 Å². The number of hydrogen-bond donors (Lipinski definition) is 2. The third-order valence-electron chi connectivity index (χ3n) is 9.75. The number of ether oxygens (including phenoxy) is 4. The fourth-order valence-electron chi connectivity index (χ4n) is 7.28. The van der Waals surface area contributed by atoms with Gasteiger partial charge >= 0.3 is 5.97 Å². The van der Waals surface area contributed by atoms with Gasteiger partial charge in [-0.3, -0.25) is 9.59 Å². The summed E-state index contributed by atoms with van der Waals surface area (Å²) in [4.78, 5) is 26.9. The van der Waals surface area contributed by atoms with Crippen LogP contribution in [-0.2, 0) is 28.5 Å². The van der Waals surface area contributed by atoms with Gasteiger partial charge in [0.2, 0.25) is 0 Å². The lowest BCUT2D eigenvalue weighted by molar-refractivity contribution is -0.340. The van der Waals surface area contributed by atoms with E-state index in [9.17, 15) is 19.8 Å². The minimum Gasteiger partial charge on any atom is -0.462 e. The SMILES string of the molecule is CC1=C[C@H]2C(=O)O[C@H]3C[C@@H](C/C=C(\C)[C@H](O)[C@@H](C)/C=C/C=C4\CO[C@@H](C1=O)[C@@]42O)O[C@@]1(CC[C@H](C)[C@@H](C(C)C)O1)C3. The average molecular weight is 571 g/mol. The number of carbonyl (C=O) groups is 2. The topological polar surface area (TPSA) is 112 Å². The lowest BCUT2D eigenvalue weighted by atomic mass is 9.71. The highest BCUT2D eigenvalue weighted by Crippen LogP contribution is 2.47. The highest BCUT2D eigenvalue weighted by atomic mass is 16.7. The van der Waals surface area contributed by atoms with Gasteiger partial charge < -0.3 is 29.2 Å². The summed E-state index contributed by atoms with van der Waals surface area (Å²) in [6.45, 7) is 12.0. The van der Waals surface area contributed by atoms with E-state index >= 15 is 0 Å². The van der Waals surface area contributed by atoms with E-state index in [-0.39, 0.29) is 30.5 Å². The average Bonchev–Trinajstić information content (AvgIpc) is 3.26. The number of ketones is 1. The Labute approximate surface area is 243 Å². The smallest absolute Gasteiger partial charge is 0.316 e. The molecule has 3 saturated heterocycles. The monoisotopic (exact) mass is 570 g/mol. The molecule has 3 fully saturated rings. The second-order valence-corrected chi connectivity index (χ2v) is 13.3. The van der Waals surface area contributed by atoms with Gasteiger partial charge in [0.1, 0.15) is 17.6 Å². The molecule has 2 bridgehead atoms. The molecule has 0 aromatic carbocycles. The standard InChI is InChI=1S/C33H46O8/c1-18(2)29-21(5)12-13-32(41-29)16-25-15-24(40-32)11-10-20(4)27(34)19(3)8-7-9-23-17-38-30-28(35)22(6)14-26(31(36)39-25)33(23,30)37/h7-10,14,18-19,21,24-27,29-30,34,37H,11-13,15-17H2,1-6H3/b8-7+,20-10+,23-9+/t19-,21-,24+,25-,26-,27+,29+,30-,32+,33+/m0/s1. The number of esters is 1. The van der Waals surface area contributed by atoms with Gasteiger partial charge in [-0.15, -0.1) is 0 Å². The molecule has 0 saturated carbocycles. The highest BCUT2D eigenvalue weighted by Gasteiger charge is 2.60. The number of hydrogen-bond acceptors (Lipinski definition) is 8. The molecule has 4 heterocycles. The molecular formula is C33H46O8. The minimum absolute atomic E-state index is 0.0168. The van der Waals surface area contributed by atoms with E-state index in [1.54, 1.807) is 19.1 Å². The second-order valence-electron chi connectivity index (χ2n) is 13.3. The minimum atomic E-state index is -1.85. The summed E-state index contributed by atoms with van der Waals surface area (Å²) in [5, 5.41) is 23.0. The summed E-state index contributed by atoms with van der Waals surface area (Å²) >= 11 is 0. The summed E-state index contributed by atoms with van der Waals surface area (Å²) in [7, 11) is 0. The predicted molar refractivity (Wildman–Crippen MR) is 153 cm³/mol. The van der Waals surface area contributed by atoms with Crippen molar-refractivity contribution in [3.8, 4) is 0 Å². The molecule has 226 valence electrons. The Morgan fingerprint density at radius 3 is 2.59 bits per heavy atom. The van der Waals surface area contributed by atoms with E-state index in [1.807, 2.05) is 26.0 Å². The first kappa shape index (κ1) is 30.4. The Morgan fingerprint density at radius 2 is 1.85 bits per heavy atom. The van der Waals surface area contributed by atoms with E-state index in [1.165, 1.54) is 6.08 Å². The number of allylic oxidation sites excluding steroid dienone is 2. The van der Waals surface area contributed by atoms with Crippen molar-refractivity contribution in [2.24, 2.45) is 23.7 Å². The zero-order chi connectivity index (χ0) is 29.7. The molecule has 0 unspecified atom stereocenters. The van der Waals surface area contributed by atoms with Crippen LogP contribution in [-0.4, -0.2) is 70.5 Å². The number of carbonyl (C=O) groups excluding carboxylic acids is 2. The number of fused-ring (bicyclic) bond motifs is 2. The van der Waals surface area contributed by atoms with E-state index in [0.717, 1.165) is 12.0 Å². The third-order valence-corrected chi connectivity index (χ3v) is 9.75. The second kappa shape index (κ2) is 11.5. The maximum Gasteiger partial charge on any atom is 0.316 e. The van der Waals surface area contributed by atoms with Crippen LogP contribution in [0.25, 0.3) is 0 Å². The van der Waals surface area contributed by atoms with Crippen LogP contribution >= 0.6 is 0 Å². The first-order valence-electron chi connectivity index (χ1n) is 15.2. The molecule has 41 heavy (non-hydrogen) atoms. The van der Waals surface area contributed by atoms with E-state index in [0.29, 0.717) is 48.7 Å². The summed E-state index contributed by atoms with van der Waals surface area (Å²) in [5.41, 5.74) is -0.215. The molecule has 0 aromatic rings. The van der Waals surface area contributed by atoms with Crippen molar-refractivity contribution >= 4 is 11.8 Å². The molecule has 1 spiro atoms. The molecule has 4 aliphatic heterocycles. The summed E-state index contributed by atoms with van der Waals surface area (Å²) in [5.74, 6) is -2.42. The van der Waals surface area contributed by atoms with Crippen molar-refractivity contribution in [1.82, 2.24) is 0 Å². The zero-order valence-electron chi connectivity index (χ0n) is 25.2. The molecule has 0 radical (unpaired) electrons. The van der Waals surface area contributed by atoms with Gasteiger partial charge in [0.05, 0.1) is 24.9 Å². The normalized spacial score (nSPS) is 47.1. The first-order valence-corrected chi connectivity index (χ1v) is 15.2. The van der Waals surface area contributed by atoms with Crippen LogP contribution in [0.15, 0.2) is 47.1 Å². The predicted octanol–water partition coefficient (Wildman–Crippen LogP) is 4.35. The maximum atomic E-state index is 13.9. The maximum absolute atomic E-state index is 13.9. The summed E-state index contributed by atoms with van der Waals surface area (Å²) in [6.07, 6.45) is 9.21. The van der Waals surface area contributed by atoms with Crippen molar-refractivity contribution < 1.29 is 38.7 Å². The Morgan fingerprint density at radius 1 is 1.10 bits per heavy atom. The highest BCUT2D eigenvalue weighted by molar-refractivity contribution is 6.03. The summed E-state index contributed by atoms with van der Waals surface area (Å²) in [6, 6.07) is 0. The van der Waals surface area contributed by atoms with E-state index < -0.39 is 41.6 Å². The molecule has 5 rings (SSSR count). The molecule has 1 aliphatic carbocycles. The molecule has 8 nitrogen and oxygen atoms in total. The molecule has 2 N–H and O–H groups in total. The molecular weight excluding hydrogens is 524 g/mol. The Balaban J connectivity index is 1.54. The van der Waals surface area contributed by atoms with Crippen molar-refractivity contribution in [3.05, 3.63) is 47.1 Å². The van der Waals surface area contributed by atoms with Gasteiger partial charge in [0.15, 0.2) is 17.7 Å². The Kier molecular flexibility index (Phi) is 8.54. The van der Waals surface area contributed by atoms with E-state index in [4.69, 9.17) is 18.9 Å². The van der Waals surface area contributed by atoms with Gasteiger partial charge in [-0.2, -0.15) is 0 Å². The fraction of sp³-hybridized carbons (Fsp3) is 0.697. The van der Waals surface area contributed by atoms with Crippen LogP contribution in [0.5, 0.6) is 0 Å². The lowest BCUT2D eigenvalue weighted by Gasteiger charge is -2.50. The summed E-state index contributed by atoms with van der Waals surface area (Å²) < 4.78 is 25.4. The van der Waals surface area contributed by atoms with Crippen LogP contribution in [0.3, 0.4) is 0 Å². The van der Waals surface area contributed by atoms with Crippen LogP contribution in [0.1, 0.15) is 73.6 Å². The third kappa shape index (κ3) is 5.66. The van der Waals surface area contributed by atoms with E-state index in [2.05, 4.69) is 20.8 Å². The lowest BCUT2D eigenvalue weighted by Crippen LogP contribution is -2.57. The number of rotatable bonds is 1. The number of aliphatic hydroxyl groups is 2. The van der Waals surface area contributed by atoms with Crippen molar-refractivity contribution in [3.63, 3.8) is 0 Å². The molecule has 8 heteroatoms. The van der Waals surface area contributed by atoms with Crippen molar-refractivity contribution in [2.75, 3.05) is 6.61 Å². The first-order chi connectivity index (χ1) is 19.3. The van der Waals surface area contributed by atoms with Gasteiger partial charge in [-0.05, 0) is 55.2 Å². The van der Waals surface area contributed by atoms with Crippen LogP contribution in [0, 0.1) is 23.7 Å². The van der Waals surface area contributed by atoms with Crippen molar-refractivity contribution in [1.29, 1.82) is 0 Å². The van der Waals surface area contributed by atoms with Gasteiger partial charge in [-0.25, -0.2) is 0 Å². The number of Topliss-reactive ketones (excluding diaryl/α,β-unsaturated/α-hetero) is 1. The quantitative estimate of drug-likeness (QED) is 0.354. The molecule has 5 aliphatic rings.